The van der Waals surface area contributed by atoms with Crippen molar-refractivity contribution in [2.45, 2.75) is 197 Å². The second-order valence-electron chi connectivity index (χ2n) is 20.8. The van der Waals surface area contributed by atoms with Gasteiger partial charge in [-0.15, -0.1) is 0 Å². The molecule has 0 bridgehead atoms. The molecule has 8 unspecified atom stereocenters. The molecule has 0 N–H and O–H groups in total. The summed E-state index contributed by atoms with van der Waals surface area (Å²) in [6.45, 7) is 27.0. The molecule has 0 aromatic heterocycles. The fourth-order valence-electron chi connectivity index (χ4n) is 7.75. The molecule has 0 spiro atoms. The van der Waals surface area contributed by atoms with E-state index in [4.69, 9.17) is 18.9 Å². The van der Waals surface area contributed by atoms with E-state index in [0.717, 1.165) is 0 Å². The quantitative estimate of drug-likeness (QED) is 0.140. The van der Waals surface area contributed by atoms with E-state index in [2.05, 4.69) is 0 Å². The normalized spacial score (nSPS) is 26.2. The Kier molecular flexibility index (Phi) is 24.2. The summed E-state index contributed by atoms with van der Waals surface area (Å²) >= 11 is 0. The van der Waals surface area contributed by atoms with Crippen LogP contribution >= 0.6 is 0 Å². The van der Waals surface area contributed by atoms with Crippen LogP contribution in [0.2, 0.25) is 0 Å². The van der Waals surface area contributed by atoms with Gasteiger partial charge in [-0.25, -0.2) is 19.2 Å². The van der Waals surface area contributed by atoms with Crippen molar-refractivity contribution in [1.29, 1.82) is 0 Å². The average molecular weight is 923 g/mol. The monoisotopic (exact) mass is 923 g/mol. The molecule has 65 heavy (non-hydrogen) atoms. The summed E-state index contributed by atoms with van der Waals surface area (Å²) in [5.41, 5.74) is 0. The van der Waals surface area contributed by atoms with Crippen LogP contribution in [-0.2, 0) is 57.3 Å². The maximum Gasteiger partial charge on any atom is 0.329 e. The van der Waals surface area contributed by atoms with Gasteiger partial charge in [-0.3, -0.25) is 19.2 Å². The molecule has 1 fully saturated rings. The number of likely N-dealkylation sites (N-methyl/N-ethyl adjacent to an activating group) is 4. The number of cyclic esters (lactones) is 4. The van der Waals surface area contributed by atoms with Crippen LogP contribution in [-0.4, -0.2) is 144 Å². The minimum atomic E-state index is -1.39. The third-order valence-corrected chi connectivity index (χ3v) is 11.8. The second kappa shape index (κ2) is 26.8. The van der Waals surface area contributed by atoms with E-state index >= 15 is 0 Å². The first kappa shape index (κ1) is 58.8. The highest BCUT2D eigenvalue weighted by atomic mass is 16.6. The first-order chi connectivity index (χ1) is 30.0. The number of unbranched alkanes of at least 4 members (excludes halogenated alkanes) is 1. The summed E-state index contributed by atoms with van der Waals surface area (Å²) in [5, 5.41) is 0. The van der Waals surface area contributed by atoms with Gasteiger partial charge >= 0.3 is 23.9 Å². The van der Waals surface area contributed by atoms with Gasteiger partial charge in [0.25, 0.3) is 23.6 Å². The highest BCUT2D eigenvalue weighted by Crippen LogP contribution is 2.26. The summed E-state index contributed by atoms with van der Waals surface area (Å²) in [5.74, 6) is -8.36. The number of nitrogens with zero attached hydrogens (tertiary/aromatic N) is 4. The highest BCUT2D eigenvalue weighted by molar-refractivity contribution is 5.94. The predicted octanol–water partition coefficient (Wildman–Crippen LogP) is 6.30. The molecule has 1 aliphatic rings. The Balaban J connectivity index is 4.23. The maximum atomic E-state index is 14.5. The minimum Gasteiger partial charge on any atom is -0.451 e. The Morgan fingerprint density at radius 3 is 0.831 bits per heavy atom. The molecule has 0 aromatic carbocycles. The van der Waals surface area contributed by atoms with Crippen molar-refractivity contribution in [1.82, 2.24) is 19.6 Å². The summed E-state index contributed by atoms with van der Waals surface area (Å²) < 4.78 is 24.1. The van der Waals surface area contributed by atoms with Crippen LogP contribution in [0, 0.1) is 41.4 Å². The molecule has 0 radical (unpaired) electrons. The number of hydrogen-bond donors (Lipinski definition) is 0. The second-order valence-corrected chi connectivity index (χ2v) is 20.8. The van der Waals surface area contributed by atoms with E-state index in [1.807, 2.05) is 62.3 Å². The highest BCUT2D eigenvalue weighted by Gasteiger charge is 2.45. The Bertz CT molecular complexity index is 1590. The van der Waals surface area contributed by atoms with Gasteiger partial charge < -0.3 is 38.5 Å². The van der Waals surface area contributed by atoms with Crippen LogP contribution in [0.5, 0.6) is 0 Å². The lowest BCUT2D eigenvalue weighted by Crippen LogP contribution is -2.56. The van der Waals surface area contributed by atoms with Gasteiger partial charge in [0.2, 0.25) is 0 Å². The number of rotatable bonds is 14. The Morgan fingerprint density at radius 2 is 0.615 bits per heavy atom. The zero-order valence-electron chi connectivity index (χ0n) is 43.3. The van der Waals surface area contributed by atoms with E-state index in [1.165, 1.54) is 47.8 Å². The minimum absolute atomic E-state index is 0.123. The number of esters is 4. The van der Waals surface area contributed by atoms with Crippen molar-refractivity contribution in [3.8, 4) is 0 Å². The predicted molar refractivity (Wildman–Crippen MR) is 248 cm³/mol. The smallest absolute Gasteiger partial charge is 0.329 e. The molecule has 1 saturated heterocycles. The lowest BCUT2D eigenvalue weighted by molar-refractivity contribution is -0.179. The number of amides is 4. The molecule has 1 heterocycles. The van der Waals surface area contributed by atoms with Crippen LogP contribution in [0.1, 0.15) is 149 Å². The van der Waals surface area contributed by atoms with Gasteiger partial charge in [0, 0.05) is 28.2 Å². The fraction of sp³-hybridized carbons (Fsp3) is 0.837. The lowest BCUT2D eigenvalue weighted by Gasteiger charge is -2.37. The van der Waals surface area contributed by atoms with Crippen LogP contribution in [0.4, 0.5) is 0 Å². The van der Waals surface area contributed by atoms with Crippen molar-refractivity contribution >= 4 is 47.5 Å². The van der Waals surface area contributed by atoms with Crippen molar-refractivity contribution in [3.05, 3.63) is 0 Å². The SMILES string of the molecule is CCCCC1OC(=O)C(CC(C)C)N(C)C(=O)C(C(C)C)OC(=O)C(CC(C)C)N(C)C(=O)C(C(C)C)OC(=O)C(CC(C)C)N(C)C(=O)C(C(C)C)OC(=O)C(CC(C)C)N(C)C1=O. The summed E-state index contributed by atoms with van der Waals surface area (Å²) in [7, 11) is 5.69. The largest absolute Gasteiger partial charge is 0.451 e. The Morgan fingerprint density at radius 1 is 0.385 bits per heavy atom. The molecule has 1 aliphatic heterocycles. The van der Waals surface area contributed by atoms with Crippen LogP contribution in [0.3, 0.4) is 0 Å². The molecule has 8 atom stereocenters. The molecule has 0 aromatic rings. The zero-order valence-corrected chi connectivity index (χ0v) is 43.3. The summed E-state index contributed by atoms with van der Waals surface area (Å²) in [4.78, 5) is 120. The summed E-state index contributed by atoms with van der Waals surface area (Å²) in [6.07, 6.45) is -3.66. The number of ether oxygens (including phenoxy) is 4. The van der Waals surface area contributed by atoms with Gasteiger partial charge in [-0.2, -0.15) is 0 Å². The molecular weight excluding hydrogens is 837 g/mol. The van der Waals surface area contributed by atoms with Crippen molar-refractivity contribution in [3.63, 3.8) is 0 Å². The maximum absolute atomic E-state index is 14.5. The zero-order chi connectivity index (χ0) is 50.4. The first-order valence-electron chi connectivity index (χ1n) is 23.9. The van der Waals surface area contributed by atoms with Crippen LogP contribution < -0.4 is 0 Å². The molecule has 0 aliphatic carbocycles. The molecule has 16 heteroatoms. The van der Waals surface area contributed by atoms with E-state index in [-0.39, 0.29) is 55.8 Å². The van der Waals surface area contributed by atoms with Gasteiger partial charge in [0.1, 0.15) is 24.2 Å². The average Bonchev–Trinajstić information content (AvgIpc) is 3.21. The van der Waals surface area contributed by atoms with E-state index in [1.54, 1.807) is 41.5 Å². The standard InChI is InChI=1S/C49H86N4O12/c1-20-21-22-38-42(54)50(16)35(24-28(4)5)47(59)63-40(32(12)13)44(56)52(18)37(26-30(8)9)49(61)65-41(33(14)15)45(57)53(19)36(25-29(6)7)48(60)64-39(31(10)11)43(55)51(17)34(23-27(2)3)46(58)62-38/h27-41H,20-26H2,1-19H3. The fourth-order valence-corrected chi connectivity index (χ4v) is 7.75. The van der Waals surface area contributed by atoms with E-state index in [9.17, 15) is 38.4 Å². The van der Waals surface area contributed by atoms with E-state index in [0.29, 0.717) is 12.8 Å². The van der Waals surface area contributed by atoms with Gasteiger partial charge in [-0.05, 0) is 80.0 Å². The first-order valence-corrected chi connectivity index (χ1v) is 23.9. The molecular formula is C49H86N4O12. The van der Waals surface area contributed by atoms with Crippen LogP contribution in [0.25, 0.3) is 0 Å². The summed E-state index contributed by atoms with van der Waals surface area (Å²) in [6, 6.07) is -4.80. The van der Waals surface area contributed by atoms with Gasteiger partial charge in [0.15, 0.2) is 24.4 Å². The van der Waals surface area contributed by atoms with Crippen molar-refractivity contribution in [2.24, 2.45) is 41.4 Å². The van der Waals surface area contributed by atoms with Gasteiger partial charge in [0.05, 0.1) is 0 Å². The number of hydrogen-bond acceptors (Lipinski definition) is 12. The topological polar surface area (TPSA) is 186 Å². The molecule has 16 nitrogen and oxygen atoms in total. The van der Waals surface area contributed by atoms with Crippen LogP contribution in [0.15, 0.2) is 0 Å². The number of carbonyl (C=O) groups is 8. The third-order valence-electron chi connectivity index (χ3n) is 11.8. The van der Waals surface area contributed by atoms with E-state index < -0.39 is 114 Å². The van der Waals surface area contributed by atoms with Crippen molar-refractivity contribution < 1.29 is 57.3 Å². The number of carbonyl (C=O) groups excluding carboxylic acids is 8. The molecule has 1 rings (SSSR count). The third kappa shape index (κ3) is 17.2. The lowest BCUT2D eigenvalue weighted by atomic mass is 9.98. The molecule has 4 amide bonds. The van der Waals surface area contributed by atoms with Gasteiger partial charge in [-0.1, -0.05) is 110 Å². The Hall–Kier alpha value is -4.24. The Labute approximate surface area is 390 Å². The molecule has 374 valence electrons. The van der Waals surface area contributed by atoms with Crippen molar-refractivity contribution in [2.75, 3.05) is 28.2 Å². The molecule has 0 saturated carbocycles.